The second-order valence-corrected chi connectivity index (χ2v) is 7.40. The molecule has 2 amide bonds. The molecule has 2 saturated carbocycles. The van der Waals surface area contributed by atoms with Crippen LogP contribution in [0.4, 0.5) is 4.79 Å². The lowest BCUT2D eigenvalue weighted by molar-refractivity contribution is -0.120. The highest BCUT2D eigenvalue weighted by Crippen LogP contribution is 2.25. The number of amides is 2. The predicted octanol–water partition coefficient (Wildman–Crippen LogP) is 1.55. The molecule has 0 aromatic carbocycles. The van der Waals surface area contributed by atoms with E-state index in [0.717, 1.165) is 32.1 Å². The zero-order chi connectivity index (χ0) is 16.2. The SMILES string of the molecule is CC(C)(C)OC(=O)NCC1CCCC1NCC(=O)NC1CC1. The Balaban J connectivity index is 1.66. The molecule has 2 aliphatic carbocycles. The van der Waals surface area contributed by atoms with E-state index >= 15 is 0 Å². The number of rotatable bonds is 6. The highest BCUT2D eigenvalue weighted by molar-refractivity contribution is 5.78. The number of nitrogens with one attached hydrogen (secondary N) is 3. The zero-order valence-electron chi connectivity index (χ0n) is 13.9. The van der Waals surface area contributed by atoms with Crippen LogP contribution in [0, 0.1) is 5.92 Å². The first-order chi connectivity index (χ1) is 10.3. The van der Waals surface area contributed by atoms with Gasteiger partial charge in [0.05, 0.1) is 6.54 Å². The minimum atomic E-state index is -0.474. The number of hydrogen-bond acceptors (Lipinski definition) is 4. The van der Waals surface area contributed by atoms with Gasteiger partial charge in [-0.25, -0.2) is 4.79 Å². The monoisotopic (exact) mass is 311 g/mol. The molecule has 2 fully saturated rings. The molecular formula is C16H29N3O3. The summed E-state index contributed by atoms with van der Waals surface area (Å²) in [6, 6.07) is 0.697. The Bertz CT molecular complexity index is 402. The standard InChI is InChI=1S/C16H29N3O3/c1-16(2,3)22-15(21)18-9-11-5-4-6-13(11)17-10-14(20)19-12-7-8-12/h11-13,17H,4-10H2,1-3H3,(H,18,21)(H,19,20). The molecule has 0 aliphatic heterocycles. The lowest BCUT2D eigenvalue weighted by Gasteiger charge is -2.23. The van der Waals surface area contributed by atoms with Gasteiger partial charge in [-0.3, -0.25) is 4.79 Å². The zero-order valence-corrected chi connectivity index (χ0v) is 13.9. The summed E-state index contributed by atoms with van der Waals surface area (Å²) in [4.78, 5) is 23.4. The van der Waals surface area contributed by atoms with Crippen LogP contribution in [0.3, 0.4) is 0 Å². The van der Waals surface area contributed by atoms with E-state index in [9.17, 15) is 9.59 Å². The van der Waals surface area contributed by atoms with E-state index in [1.54, 1.807) is 0 Å². The molecule has 6 nitrogen and oxygen atoms in total. The van der Waals surface area contributed by atoms with Crippen molar-refractivity contribution in [3.05, 3.63) is 0 Å². The van der Waals surface area contributed by atoms with Crippen LogP contribution >= 0.6 is 0 Å². The van der Waals surface area contributed by atoms with Crippen molar-refractivity contribution in [2.75, 3.05) is 13.1 Å². The first kappa shape index (κ1) is 17.1. The summed E-state index contributed by atoms with van der Waals surface area (Å²) < 4.78 is 5.25. The molecule has 0 heterocycles. The Morgan fingerprint density at radius 2 is 1.86 bits per heavy atom. The van der Waals surface area contributed by atoms with Crippen LogP contribution in [0.25, 0.3) is 0 Å². The number of carbonyl (C=O) groups is 2. The first-order valence-corrected chi connectivity index (χ1v) is 8.33. The van der Waals surface area contributed by atoms with E-state index in [0.29, 0.717) is 31.1 Å². The van der Waals surface area contributed by atoms with Crippen LogP contribution < -0.4 is 16.0 Å². The van der Waals surface area contributed by atoms with Crippen molar-refractivity contribution in [3.8, 4) is 0 Å². The van der Waals surface area contributed by atoms with Crippen LogP contribution in [0.15, 0.2) is 0 Å². The van der Waals surface area contributed by atoms with Gasteiger partial charge in [0.2, 0.25) is 5.91 Å². The van der Waals surface area contributed by atoms with E-state index in [1.165, 1.54) is 0 Å². The molecule has 0 aromatic rings. The molecule has 0 aromatic heterocycles. The van der Waals surface area contributed by atoms with Crippen molar-refractivity contribution in [2.45, 2.75) is 70.6 Å². The highest BCUT2D eigenvalue weighted by atomic mass is 16.6. The summed E-state index contributed by atoms with van der Waals surface area (Å²) in [7, 11) is 0. The minimum absolute atomic E-state index is 0.0771. The molecule has 6 heteroatoms. The molecule has 0 saturated heterocycles. The number of carbonyl (C=O) groups excluding carboxylic acids is 2. The van der Waals surface area contributed by atoms with Crippen molar-refractivity contribution in [2.24, 2.45) is 5.92 Å². The maximum atomic E-state index is 11.7. The molecule has 2 unspecified atom stereocenters. The largest absolute Gasteiger partial charge is 0.444 e. The van der Waals surface area contributed by atoms with Gasteiger partial charge in [-0.05, 0) is 52.4 Å². The first-order valence-electron chi connectivity index (χ1n) is 8.33. The summed E-state index contributed by atoms with van der Waals surface area (Å²) in [5.74, 6) is 0.439. The fourth-order valence-corrected chi connectivity index (χ4v) is 2.81. The van der Waals surface area contributed by atoms with Gasteiger partial charge in [0, 0.05) is 18.6 Å². The summed E-state index contributed by atoms with van der Waals surface area (Å²) in [5, 5.41) is 9.15. The Labute approximate surface area is 132 Å². The lowest BCUT2D eigenvalue weighted by atomic mass is 10.0. The third kappa shape index (κ3) is 6.22. The van der Waals surface area contributed by atoms with Gasteiger partial charge in [0.25, 0.3) is 0 Å². The van der Waals surface area contributed by atoms with Crippen LogP contribution in [0.2, 0.25) is 0 Å². The quantitative estimate of drug-likeness (QED) is 0.695. The maximum Gasteiger partial charge on any atom is 0.407 e. The Morgan fingerprint density at radius 1 is 1.14 bits per heavy atom. The molecule has 2 aliphatic rings. The third-order valence-corrected chi connectivity index (χ3v) is 4.03. The molecule has 22 heavy (non-hydrogen) atoms. The van der Waals surface area contributed by atoms with Gasteiger partial charge in [-0.1, -0.05) is 6.42 Å². The molecule has 2 atom stereocenters. The molecule has 2 rings (SSSR count). The van der Waals surface area contributed by atoms with Crippen LogP contribution in [-0.2, 0) is 9.53 Å². The van der Waals surface area contributed by atoms with Gasteiger partial charge in [-0.2, -0.15) is 0 Å². The van der Waals surface area contributed by atoms with Crippen LogP contribution in [0.5, 0.6) is 0 Å². The van der Waals surface area contributed by atoms with E-state index in [1.807, 2.05) is 20.8 Å². The average Bonchev–Trinajstić information content (AvgIpc) is 3.09. The van der Waals surface area contributed by atoms with E-state index in [2.05, 4.69) is 16.0 Å². The highest BCUT2D eigenvalue weighted by Gasteiger charge is 2.29. The Kier molecular flexibility index (Phi) is 5.67. The average molecular weight is 311 g/mol. The van der Waals surface area contributed by atoms with Gasteiger partial charge in [0.15, 0.2) is 0 Å². The minimum Gasteiger partial charge on any atom is -0.444 e. The number of hydrogen-bond donors (Lipinski definition) is 3. The summed E-state index contributed by atoms with van der Waals surface area (Å²) in [6.45, 7) is 6.52. The normalized spacial score (nSPS) is 24.9. The van der Waals surface area contributed by atoms with Gasteiger partial charge < -0.3 is 20.7 Å². The van der Waals surface area contributed by atoms with Crippen molar-refractivity contribution >= 4 is 12.0 Å². The van der Waals surface area contributed by atoms with Gasteiger partial charge in [-0.15, -0.1) is 0 Å². The van der Waals surface area contributed by atoms with Crippen LogP contribution in [0.1, 0.15) is 52.9 Å². The lowest BCUT2D eigenvalue weighted by Crippen LogP contribution is -2.44. The molecule has 126 valence electrons. The fraction of sp³-hybridized carbons (Fsp3) is 0.875. The van der Waals surface area contributed by atoms with E-state index in [-0.39, 0.29) is 12.0 Å². The second kappa shape index (κ2) is 7.31. The van der Waals surface area contributed by atoms with Crippen molar-refractivity contribution in [1.29, 1.82) is 0 Å². The smallest absolute Gasteiger partial charge is 0.407 e. The Hall–Kier alpha value is -1.30. The molecule has 0 radical (unpaired) electrons. The Morgan fingerprint density at radius 3 is 2.50 bits per heavy atom. The number of ether oxygens (including phenoxy) is 1. The molecule has 0 bridgehead atoms. The second-order valence-electron chi connectivity index (χ2n) is 7.40. The van der Waals surface area contributed by atoms with Gasteiger partial charge >= 0.3 is 6.09 Å². The fourth-order valence-electron chi connectivity index (χ4n) is 2.81. The van der Waals surface area contributed by atoms with Crippen molar-refractivity contribution in [3.63, 3.8) is 0 Å². The van der Waals surface area contributed by atoms with E-state index < -0.39 is 5.60 Å². The molecule has 0 spiro atoms. The topological polar surface area (TPSA) is 79.5 Å². The summed E-state index contributed by atoms with van der Waals surface area (Å²) in [5.41, 5.74) is -0.474. The van der Waals surface area contributed by atoms with Crippen molar-refractivity contribution in [1.82, 2.24) is 16.0 Å². The van der Waals surface area contributed by atoms with Crippen molar-refractivity contribution < 1.29 is 14.3 Å². The van der Waals surface area contributed by atoms with Crippen LogP contribution in [-0.4, -0.2) is 42.8 Å². The maximum absolute atomic E-state index is 11.7. The summed E-state index contributed by atoms with van der Waals surface area (Å²) in [6.07, 6.45) is 5.09. The van der Waals surface area contributed by atoms with Gasteiger partial charge in [0.1, 0.15) is 5.60 Å². The summed E-state index contributed by atoms with van der Waals surface area (Å²) >= 11 is 0. The third-order valence-electron chi connectivity index (χ3n) is 4.03. The van der Waals surface area contributed by atoms with E-state index in [4.69, 9.17) is 4.74 Å². The molecular weight excluding hydrogens is 282 g/mol. The molecule has 3 N–H and O–H groups in total. The predicted molar refractivity (Wildman–Crippen MR) is 84.5 cm³/mol. The number of alkyl carbamates (subject to hydrolysis) is 1.